The third-order valence-electron chi connectivity index (χ3n) is 2.97. The van der Waals surface area contributed by atoms with Crippen LogP contribution < -0.4 is 5.56 Å². The van der Waals surface area contributed by atoms with Crippen LogP contribution in [0.3, 0.4) is 0 Å². The Labute approximate surface area is 115 Å². The summed E-state index contributed by atoms with van der Waals surface area (Å²) in [5.74, 6) is 0. The molecule has 1 aromatic heterocycles. The number of aryl methyl sites for hydroxylation is 1. The quantitative estimate of drug-likeness (QED) is 0.690. The van der Waals surface area contributed by atoms with Crippen molar-refractivity contribution < 1.29 is 0 Å². The first-order valence-corrected chi connectivity index (χ1v) is 6.87. The molecule has 94 valence electrons. The Morgan fingerprint density at radius 2 is 1.63 bits per heavy atom. The second kappa shape index (κ2) is 4.86. The lowest BCUT2D eigenvalue weighted by molar-refractivity contribution is 1.13. The van der Waals surface area contributed by atoms with E-state index in [1.54, 1.807) is 10.0 Å². The highest BCUT2D eigenvalue weighted by molar-refractivity contribution is 7.10. The normalized spacial score (nSPS) is 10.6. The molecule has 0 saturated heterocycles. The van der Waals surface area contributed by atoms with Gasteiger partial charge in [-0.3, -0.25) is 4.79 Å². The highest BCUT2D eigenvalue weighted by Crippen LogP contribution is 2.24. The first kappa shape index (κ1) is 11.9. The second-order valence-electron chi connectivity index (χ2n) is 4.43. The van der Waals surface area contributed by atoms with E-state index in [2.05, 4.69) is 0 Å². The monoisotopic (exact) mass is 267 g/mol. The van der Waals surface area contributed by atoms with Crippen molar-refractivity contribution in [2.75, 3.05) is 0 Å². The number of hydrogen-bond acceptors (Lipinski definition) is 2. The summed E-state index contributed by atoms with van der Waals surface area (Å²) in [6.45, 7) is 2.04. The molecule has 0 N–H and O–H groups in total. The van der Waals surface area contributed by atoms with Crippen molar-refractivity contribution in [3.05, 3.63) is 76.6 Å². The van der Waals surface area contributed by atoms with Gasteiger partial charge in [-0.05, 0) is 24.6 Å². The Morgan fingerprint density at radius 3 is 2.32 bits per heavy atom. The fourth-order valence-electron chi connectivity index (χ4n) is 1.94. The summed E-state index contributed by atoms with van der Waals surface area (Å²) in [7, 11) is 0. The largest absolute Gasteiger partial charge is 0.268 e. The summed E-state index contributed by atoms with van der Waals surface area (Å²) in [6.07, 6.45) is 0. The molecule has 0 amide bonds. The fourth-order valence-corrected chi connectivity index (χ4v) is 2.90. The fraction of sp³-hybridized carbons (Fsp3) is 0.0625. The van der Waals surface area contributed by atoms with Crippen molar-refractivity contribution in [2.45, 2.75) is 6.92 Å². The molecule has 3 heteroatoms. The molecule has 3 aromatic rings. The molecule has 0 atom stereocenters. The van der Waals surface area contributed by atoms with Crippen LogP contribution in [-0.4, -0.2) is 3.96 Å². The summed E-state index contributed by atoms with van der Waals surface area (Å²) in [5.41, 5.74) is 3.21. The predicted octanol–water partition coefficient (Wildman–Crippen LogP) is 3.87. The average Bonchev–Trinajstić information content (AvgIpc) is 2.83. The lowest BCUT2D eigenvalue weighted by Gasteiger charge is -2.00. The third-order valence-corrected chi connectivity index (χ3v) is 4.09. The number of aromatic nitrogens is 1. The molecule has 0 fully saturated rings. The molecule has 0 aliphatic carbocycles. The molecule has 0 radical (unpaired) electrons. The van der Waals surface area contributed by atoms with E-state index in [4.69, 9.17) is 0 Å². The molecule has 0 aliphatic heterocycles. The van der Waals surface area contributed by atoms with Crippen LogP contribution >= 0.6 is 11.5 Å². The summed E-state index contributed by atoms with van der Waals surface area (Å²) >= 11 is 1.48. The maximum Gasteiger partial charge on any atom is 0.265 e. The molecule has 19 heavy (non-hydrogen) atoms. The Hall–Kier alpha value is -2.13. The zero-order valence-corrected chi connectivity index (χ0v) is 11.4. The topological polar surface area (TPSA) is 22.0 Å². The van der Waals surface area contributed by atoms with Crippen molar-refractivity contribution in [3.63, 3.8) is 0 Å². The van der Waals surface area contributed by atoms with E-state index in [1.807, 2.05) is 61.5 Å². The summed E-state index contributed by atoms with van der Waals surface area (Å²) in [6, 6.07) is 19.7. The Morgan fingerprint density at radius 1 is 0.947 bits per heavy atom. The highest BCUT2D eigenvalue weighted by atomic mass is 32.1. The zero-order chi connectivity index (χ0) is 13.2. The Kier molecular flexibility index (Phi) is 3.05. The van der Waals surface area contributed by atoms with Crippen LogP contribution in [0.5, 0.6) is 0 Å². The van der Waals surface area contributed by atoms with Gasteiger partial charge in [0.1, 0.15) is 0 Å². The maximum absolute atomic E-state index is 12.1. The summed E-state index contributed by atoms with van der Waals surface area (Å²) in [5, 5.41) is 0. The van der Waals surface area contributed by atoms with E-state index < -0.39 is 0 Å². The van der Waals surface area contributed by atoms with Crippen molar-refractivity contribution in [1.29, 1.82) is 0 Å². The minimum absolute atomic E-state index is 0.0210. The molecule has 0 spiro atoms. The number of benzene rings is 2. The zero-order valence-electron chi connectivity index (χ0n) is 10.5. The van der Waals surface area contributed by atoms with Crippen LogP contribution in [0.2, 0.25) is 0 Å². The molecular formula is C16H13NOS. The minimum atomic E-state index is 0.0210. The van der Waals surface area contributed by atoms with Crippen LogP contribution in [0.1, 0.15) is 5.56 Å². The average molecular weight is 267 g/mol. The van der Waals surface area contributed by atoms with Crippen LogP contribution in [0.25, 0.3) is 16.1 Å². The molecule has 0 aliphatic rings. The molecule has 0 unspecified atom stereocenters. The van der Waals surface area contributed by atoms with E-state index in [0.29, 0.717) is 0 Å². The van der Waals surface area contributed by atoms with Gasteiger partial charge in [-0.25, -0.2) is 3.96 Å². The smallest absolute Gasteiger partial charge is 0.265 e. The molecule has 2 aromatic carbocycles. The van der Waals surface area contributed by atoms with Gasteiger partial charge in [-0.2, -0.15) is 0 Å². The lowest BCUT2D eigenvalue weighted by atomic mass is 10.2. The van der Waals surface area contributed by atoms with Gasteiger partial charge in [0.05, 0.1) is 10.6 Å². The van der Waals surface area contributed by atoms with Gasteiger partial charge in [0.2, 0.25) is 0 Å². The van der Waals surface area contributed by atoms with E-state index in [-0.39, 0.29) is 5.56 Å². The van der Waals surface area contributed by atoms with E-state index in [1.165, 1.54) is 17.1 Å². The minimum Gasteiger partial charge on any atom is -0.268 e. The highest BCUT2D eigenvalue weighted by Gasteiger charge is 2.07. The predicted molar refractivity (Wildman–Crippen MR) is 80.1 cm³/mol. The number of nitrogens with zero attached hydrogens (tertiary/aromatic N) is 1. The first-order chi connectivity index (χ1) is 9.24. The van der Waals surface area contributed by atoms with E-state index >= 15 is 0 Å². The van der Waals surface area contributed by atoms with Crippen molar-refractivity contribution >= 4 is 11.5 Å². The molecule has 2 nitrogen and oxygen atoms in total. The summed E-state index contributed by atoms with van der Waals surface area (Å²) in [4.78, 5) is 13.1. The van der Waals surface area contributed by atoms with Gasteiger partial charge in [-0.1, -0.05) is 59.6 Å². The Bertz CT molecular complexity index is 738. The molecule has 0 bridgehead atoms. The van der Waals surface area contributed by atoms with Gasteiger partial charge >= 0.3 is 0 Å². The molecular weight excluding hydrogens is 254 g/mol. The standard InChI is InChI=1S/C16H13NOS/c1-12-7-9-14(10-8-12)17-16(18)11-15(19-17)13-5-3-2-4-6-13/h2-11H,1H3. The van der Waals surface area contributed by atoms with Gasteiger partial charge < -0.3 is 0 Å². The van der Waals surface area contributed by atoms with Gasteiger partial charge in [0, 0.05) is 6.07 Å². The Balaban J connectivity index is 2.08. The van der Waals surface area contributed by atoms with Crippen LogP contribution in [0.4, 0.5) is 0 Å². The summed E-state index contributed by atoms with van der Waals surface area (Å²) < 4.78 is 1.72. The van der Waals surface area contributed by atoms with Crippen LogP contribution in [0.15, 0.2) is 65.5 Å². The second-order valence-corrected chi connectivity index (χ2v) is 5.42. The number of hydrogen-bond donors (Lipinski definition) is 0. The molecule has 0 saturated carbocycles. The SMILES string of the molecule is Cc1ccc(-n2sc(-c3ccccc3)cc2=O)cc1. The van der Waals surface area contributed by atoms with Gasteiger partial charge in [0.25, 0.3) is 5.56 Å². The maximum atomic E-state index is 12.1. The van der Waals surface area contributed by atoms with Gasteiger partial charge in [-0.15, -0.1) is 0 Å². The molecule has 1 heterocycles. The van der Waals surface area contributed by atoms with Crippen LogP contribution in [-0.2, 0) is 0 Å². The van der Waals surface area contributed by atoms with E-state index in [0.717, 1.165) is 16.1 Å². The third kappa shape index (κ3) is 2.37. The van der Waals surface area contributed by atoms with Crippen molar-refractivity contribution in [1.82, 2.24) is 3.96 Å². The number of rotatable bonds is 2. The van der Waals surface area contributed by atoms with Gasteiger partial charge in [0.15, 0.2) is 0 Å². The van der Waals surface area contributed by atoms with Crippen molar-refractivity contribution in [3.8, 4) is 16.1 Å². The van der Waals surface area contributed by atoms with E-state index in [9.17, 15) is 4.79 Å². The lowest BCUT2D eigenvalue weighted by Crippen LogP contribution is -2.08. The van der Waals surface area contributed by atoms with Crippen molar-refractivity contribution in [2.24, 2.45) is 0 Å². The molecule has 3 rings (SSSR count). The first-order valence-electron chi connectivity index (χ1n) is 6.10. The van der Waals surface area contributed by atoms with Crippen LogP contribution in [0, 0.1) is 6.92 Å².